The van der Waals surface area contributed by atoms with E-state index in [-0.39, 0.29) is 5.41 Å². The first-order valence-electron chi connectivity index (χ1n) is 8.04. The summed E-state index contributed by atoms with van der Waals surface area (Å²) in [5.41, 5.74) is 2.54. The molecular weight excluding hydrogens is 322 g/mol. The van der Waals surface area contributed by atoms with Crippen molar-refractivity contribution < 1.29 is 13.2 Å². The largest absolute Gasteiger partial charge is 0.496 e. The number of benzene rings is 2. The molecule has 1 aliphatic heterocycles. The van der Waals surface area contributed by atoms with E-state index in [1.165, 1.54) is 4.31 Å². The number of hydrogen-bond acceptors (Lipinski definition) is 3. The summed E-state index contributed by atoms with van der Waals surface area (Å²) in [7, 11) is -1.98. The quantitative estimate of drug-likeness (QED) is 0.851. The van der Waals surface area contributed by atoms with Crippen molar-refractivity contribution in [3.05, 3.63) is 53.6 Å². The minimum atomic E-state index is -3.58. The Balaban J connectivity index is 2.09. The number of sulfonamides is 1. The summed E-state index contributed by atoms with van der Waals surface area (Å²) in [6.45, 7) is 6.63. The Kier molecular flexibility index (Phi) is 4.08. The molecule has 2 aromatic rings. The van der Waals surface area contributed by atoms with Gasteiger partial charge in [-0.3, -0.25) is 4.31 Å². The van der Waals surface area contributed by atoms with E-state index in [1.807, 2.05) is 45.0 Å². The van der Waals surface area contributed by atoms with Crippen molar-refractivity contribution in [1.82, 2.24) is 0 Å². The van der Waals surface area contributed by atoms with Gasteiger partial charge in [-0.05, 0) is 41.7 Å². The molecule has 2 aromatic carbocycles. The molecule has 0 amide bonds. The van der Waals surface area contributed by atoms with Crippen LogP contribution >= 0.6 is 0 Å². The van der Waals surface area contributed by atoms with E-state index in [2.05, 4.69) is 0 Å². The number of hydrogen-bond donors (Lipinski definition) is 0. The van der Waals surface area contributed by atoms with E-state index >= 15 is 0 Å². The summed E-state index contributed by atoms with van der Waals surface area (Å²) in [5.74, 6) is 0.711. The molecule has 0 bridgehead atoms. The van der Waals surface area contributed by atoms with Crippen LogP contribution in [0, 0.1) is 0 Å². The maximum atomic E-state index is 13.2. The summed E-state index contributed by atoms with van der Waals surface area (Å²) in [6, 6.07) is 12.8. The van der Waals surface area contributed by atoms with Gasteiger partial charge in [0.05, 0.1) is 17.7 Å². The average Bonchev–Trinajstić information content (AvgIpc) is 2.98. The van der Waals surface area contributed by atoms with Crippen LogP contribution in [0.3, 0.4) is 0 Å². The van der Waals surface area contributed by atoms with Gasteiger partial charge in [-0.25, -0.2) is 8.42 Å². The fourth-order valence-electron chi connectivity index (χ4n) is 3.12. The molecule has 0 saturated heterocycles. The zero-order valence-corrected chi connectivity index (χ0v) is 15.4. The zero-order chi connectivity index (χ0) is 17.5. The molecule has 0 spiro atoms. The predicted molar refractivity (Wildman–Crippen MR) is 96.4 cm³/mol. The summed E-state index contributed by atoms with van der Waals surface area (Å²) in [6.07, 6.45) is 0.748. The zero-order valence-electron chi connectivity index (χ0n) is 14.5. The van der Waals surface area contributed by atoms with Gasteiger partial charge in [0.25, 0.3) is 10.0 Å². The second-order valence-electron chi connectivity index (χ2n) is 7.07. The van der Waals surface area contributed by atoms with E-state index in [1.54, 1.807) is 25.3 Å². The molecule has 0 unspecified atom stereocenters. The van der Waals surface area contributed by atoms with Gasteiger partial charge in [0.15, 0.2) is 0 Å². The van der Waals surface area contributed by atoms with Crippen LogP contribution in [0.5, 0.6) is 5.75 Å². The summed E-state index contributed by atoms with van der Waals surface area (Å²) >= 11 is 0. The molecule has 4 nitrogen and oxygen atoms in total. The molecule has 1 aliphatic rings. The van der Waals surface area contributed by atoms with E-state index in [0.29, 0.717) is 17.2 Å². The van der Waals surface area contributed by atoms with Crippen molar-refractivity contribution in [2.24, 2.45) is 0 Å². The van der Waals surface area contributed by atoms with Crippen molar-refractivity contribution in [2.45, 2.75) is 37.5 Å². The van der Waals surface area contributed by atoms with Crippen molar-refractivity contribution in [3.8, 4) is 5.75 Å². The first kappa shape index (κ1) is 16.8. The maximum Gasteiger partial charge on any atom is 0.264 e. The maximum absolute atomic E-state index is 13.2. The molecule has 0 radical (unpaired) electrons. The number of nitrogens with zero attached hydrogens (tertiary/aromatic N) is 1. The van der Waals surface area contributed by atoms with Crippen molar-refractivity contribution in [2.75, 3.05) is 18.0 Å². The van der Waals surface area contributed by atoms with Crippen molar-refractivity contribution >= 4 is 15.7 Å². The molecule has 0 aromatic heterocycles. The van der Waals surface area contributed by atoms with Crippen LogP contribution in [-0.4, -0.2) is 22.1 Å². The molecule has 0 N–H and O–H groups in total. The highest BCUT2D eigenvalue weighted by molar-refractivity contribution is 7.92. The Hall–Kier alpha value is -2.01. The minimum absolute atomic E-state index is 0.209. The summed E-state index contributed by atoms with van der Waals surface area (Å²) in [4.78, 5) is 0.310. The smallest absolute Gasteiger partial charge is 0.264 e. The Bertz CT molecular complexity index is 866. The Morgan fingerprint density at radius 2 is 1.79 bits per heavy atom. The third-order valence-corrected chi connectivity index (χ3v) is 6.22. The second kappa shape index (κ2) is 5.81. The van der Waals surface area contributed by atoms with Crippen LogP contribution in [0.15, 0.2) is 47.4 Å². The fourth-order valence-corrected chi connectivity index (χ4v) is 4.65. The topological polar surface area (TPSA) is 46.6 Å². The Morgan fingerprint density at radius 3 is 2.46 bits per heavy atom. The Labute approximate surface area is 144 Å². The highest BCUT2D eigenvalue weighted by atomic mass is 32.2. The Morgan fingerprint density at radius 1 is 1.08 bits per heavy atom. The highest BCUT2D eigenvalue weighted by Gasteiger charge is 2.32. The van der Waals surface area contributed by atoms with Gasteiger partial charge in [-0.2, -0.15) is 0 Å². The number of rotatable bonds is 3. The molecular formula is C19H23NO3S. The fraction of sp³-hybridized carbons (Fsp3) is 0.368. The lowest BCUT2D eigenvalue weighted by atomic mass is 9.86. The lowest BCUT2D eigenvalue weighted by Gasteiger charge is -2.25. The van der Waals surface area contributed by atoms with Gasteiger partial charge in [0, 0.05) is 12.1 Å². The summed E-state index contributed by atoms with van der Waals surface area (Å²) in [5, 5.41) is 0. The van der Waals surface area contributed by atoms with Gasteiger partial charge < -0.3 is 4.74 Å². The predicted octanol–water partition coefficient (Wildman–Crippen LogP) is 3.74. The van der Waals surface area contributed by atoms with Crippen molar-refractivity contribution in [3.63, 3.8) is 0 Å². The van der Waals surface area contributed by atoms with Gasteiger partial charge >= 0.3 is 0 Å². The molecule has 24 heavy (non-hydrogen) atoms. The van der Waals surface area contributed by atoms with Crippen LogP contribution in [0.2, 0.25) is 0 Å². The van der Waals surface area contributed by atoms with Crippen LogP contribution in [0.25, 0.3) is 0 Å². The molecule has 0 fully saturated rings. The third kappa shape index (κ3) is 2.77. The van der Waals surface area contributed by atoms with E-state index < -0.39 is 10.0 Å². The molecule has 5 heteroatoms. The molecule has 0 aliphatic carbocycles. The first-order valence-corrected chi connectivity index (χ1v) is 9.48. The standard InChI is InChI=1S/C19H23NO3S/c1-19(2,3)16-13-15(9-10-18(16)23-4)24(21,22)20-12-11-14-7-5-6-8-17(14)20/h5-10,13H,11-12H2,1-4H3. The van der Waals surface area contributed by atoms with Crippen LogP contribution < -0.4 is 9.04 Å². The number of methoxy groups -OCH3 is 1. The first-order chi connectivity index (χ1) is 11.2. The second-order valence-corrected chi connectivity index (χ2v) is 8.93. The van der Waals surface area contributed by atoms with Gasteiger partial charge in [-0.1, -0.05) is 39.0 Å². The minimum Gasteiger partial charge on any atom is -0.496 e. The SMILES string of the molecule is COc1ccc(S(=O)(=O)N2CCc3ccccc32)cc1C(C)(C)C. The number of para-hydroxylation sites is 1. The molecule has 128 valence electrons. The molecule has 0 saturated carbocycles. The number of anilines is 1. The monoisotopic (exact) mass is 345 g/mol. The van der Waals surface area contributed by atoms with Crippen LogP contribution in [0.4, 0.5) is 5.69 Å². The van der Waals surface area contributed by atoms with E-state index in [9.17, 15) is 8.42 Å². The summed E-state index contributed by atoms with van der Waals surface area (Å²) < 4.78 is 33.2. The number of ether oxygens (including phenoxy) is 1. The van der Waals surface area contributed by atoms with Gasteiger partial charge in [0.1, 0.15) is 5.75 Å². The van der Waals surface area contributed by atoms with Crippen molar-refractivity contribution in [1.29, 1.82) is 0 Å². The average molecular weight is 345 g/mol. The van der Waals surface area contributed by atoms with Gasteiger partial charge in [-0.15, -0.1) is 0 Å². The third-order valence-electron chi connectivity index (χ3n) is 4.41. The normalized spacial score (nSPS) is 14.6. The number of fused-ring (bicyclic) bond motifs is 1. The van der Waals surface area contributed by atoms with Gasteiger partial charge in [0.2, 0.25) is 0 Å². The lowest BCUT2D eigenvalue weighted by Crippen LogP contribution is -2.29. The molecule has 3 rings (SSSR count). The van der Waals surface area contributed by atoms with Crippen LogP contribution in [0.1, 0.15) is 31.9 Å². The van der Waals surface area contributed by atoms with Crippen LogP contribution in [-0.2, 0) is 21.9 Å². The van der Waals surface area contributed by atoms with E-state index in [0.717, 1.165) is 23.2 Å². The highest BCUT2D eigenvalue weighted by Crippen LogP contribution is 2.36. The van der Waals surface area contributed by atoms with E-state index in [4.69, 9.17) is 4.74 Å². The molecule has 1 heterocycles. The molecule has 0 atom stereocenters. The lowest BCUT2D eigenvalue weighted by molar-refractivity contribution is 0.397.